The minimum absolute atomic E-state index is 0.0295. The standard InChI is InChI=1S/C25H20ClFN2O3/c1-15(2)32-21-12-10-19(11-13-21)28-23-22(16-6-8-18(27)9-7-16)24(30)29(25(23)31)20-5-3-4-17(26)14-20/h3-15,28H,1-2H3. The molecular formula is C25H20ClFN2O3. The SMILES string of the molecule is CC(C)Oc1ccc(NC2=C(c3ccc(F)cc3)C(=O)N(c3cccc(Cl)c3)C2=O)cc1. The van der Waals surface area contributed by atoms with Gasteiger partial charge in [-0.1, -0.05) is 29.8 Å². The molecule has 0 fully saturated rings. The van der Waals surface area contributed by atoms with Crippen molar-refractivity contribution in [2.75, 3.05) is 10.2 Å². The number of hydrogen-bond acceptors (Lipinski definition) is 4. The van der Waals surface area contributed by atoms with Gasteiger partial charge in [-0.05, 0) is 74.0 Å². The van der Waals surface area contributed by atoms with Gasteiger partial charge in [0.2, 0.25) is 0 Å². The topological polar surface area (TPSA) is 58.6 Å². The highest BCUT2D eigenvalue weighted by Crippen LogP contribution is 2.34. The Morgan fingerprint density at radius 2 is 1.62 bits per heavy atom. The van der Waals surface area contributed by atoms with Crippen molar-refractivity contribution in [1.82, 2.24) is 0 Å². The molecule has 7 heteroatoms. The van der Waals surface area contributed by atoms with Crippen LogP contribution in [0.3, 0.4) is 0 Å². The summed E-state index contributed by atoms with van der Waals surface area (Å²) < 4.78 is 19.1. The number of benzene rings is 3. The molecule has 0 aliphatic carbocycles. The van der Waals surface area contributed by atoms with Gasteiger partial charge in [-0.2, -0.15) is 0 Å². The zero-order valence-electron chi connectivity index (χ0n) is 17.4. The smallest absolute Gasteiger partial charge is 0.282 e. The Balaban J connectivity index is 1.74. The number of halogens is 2. The summed E-state index contributed by atoms with van der Waals surface area (Å²) in [5.41, 5.74) is 1.63. The Bertz CT molecular complexity index is 1200. The number of rotatable bonds is 6. The van der Waals surface area contributed by atoms with Crippen LogP contribution in [0.25, 0.3) is 5.57 Å². The molecule has 1 aliphatic rings. The fraction of sp³-hybridized carbons (Fsp3) is 0.120. The Hall–Kier alpha value is -3.64. The zero-order chi connectivity index (χ0) is 22.8. The van der Waals surface area contributed by atoms with Crippen LogP contribution in [-0.4, -0.2) is 17.9 Å². The molecule has 3 aromatic rings. The Morgan fingerprint density at radius 3 is 2.25 bits per heavy atom. The number of nitrogens with one attached hydrogen (secondary N) is 1. The van der Waals surface area contributed by atoms with E-state index in [4.69, 9.17) is 16.3 Å². The van der Waals surface area contributed by atoms with Crippen LogP contribution in [0.1, 0.15) is 19.4 Å². The van der Waals surface area contributed by atoms with Gasteiger partial charge in [-0.15, -0.1) is 0 Å². The molecule has 1 heterocycles. The number of nitrogens with zero attached hydrogens (tertiary/aromatic N) is 1. The lowest BCUT2D eigenvalue weighted by Crippen LogP contribution is -2.32. The summed E-state index contributed by atoms with van der Waals surface area (Å²) in [4.78, 5) is 27.7. The van der Waals surface area contributed by atoms with Gasteiger partial charge >= 0.3 is 0 Å². The van der Waals surface area contributed by atoms with Crippen molar-refractivity contribution in [3.8, 4) is 5.75 Å². The molecule has 2 amide bonds. The normalized spacial score (nSPS) is 13.8. The molecule has 0 saturated heterocycles. The molecule has 0 atom stereocenters. The first-order valence-electron chi connectivity index (χ1n) is 10.0. The summed E-state index contributed by atoms with van der Waals surface area (Å²) in [6, 6.07) is 19.0. The van der Waals surface area contributed by atoms with Gasteiger partial charge in [0.1, 0.15) is 17.3 Å². The van der Waals surface area contributed by atoms with E-state index in [1.54, 1.807) is 48.5 Å². The molecule has 0 saturated carbocycles. The second-order valence-corrected chi connectivity index (χ2v) is 7.93. The molecular weight excluding hydrogens is 431 g/mol. The van der Waals surface area contributed by atoms with E-state index in [-0.39, 0.29) is 17.4 Å². The van der Waals surface area contributed by atoms with Crippen LogP contribution in [0.15, 0.2) is 78.5 Å². The second kappa shape index (κ2) is 8.85. The quantitative estimate of drug-likeness (QED) is 0.492. The van der Waals surface area contributed by atoms with E-state index >= 15 is 0 Å². The molecule has 162 valence electrons. The van der Waals surface area contributed by atoms with Gasteiger partial charge in [0.25, 0.3) is 11.8 Å². The third-order valence-corrected chi connectivity index (χ3v) is 5.01. The molecule has 0 unspecified atom stereocenters. The largest absolute Gasteiger partial charge is 0.491 e. The molecule has 4 rings (SSSR count). The van der Waals surface area contributed by atoms with Crippen LogP contribution in [-0.2, 0) is 9.59 Å². The van der Waals surface area contributed by atoms with E-state index in [0.717, 1.165) is 4.90 Å². The summed E-state index contributed by atoms with van der Waals surface area (Å²) in [7, 11) is 0. The lowest BCUT2D eigenvalue weighted by Gasteiger charge is -2.16. The molecule has 1 aliphatic heterocycles. The molecule has 1 N–H and O–H groups in total. The van der Waals surface area contributed by atoms with E-state index in [0.29, 0.717) is 27.7 Å². The van der Waals surface area contributed by atoms with E-state index in [2.05, 4.69) is 5.32 Å². The summed E-state index contributed by atoms with van der Waals surface area (Å²) in [6.45, 7) is 3.86. The lowest BCUT2D eigenvalue weighted by molar-refractivity contribution is -0.120. The summed E-state index contributed by atoms with van der Waals surface area (Å²) >= 11 is 6.07. The maximum absolute atomic E-state index is 13.5. The molecule has 32 heavy (non-hydrogen) atoms. The van der Waals surface area contributed by atoms with Crippen LogP contribution in [0.4, 0.5) is 15.8 Å². The van der Waals surface area contributed by atoms with Crippen LogP contribution in [0, 0.1) is 5.82 Å². The first-order chi connectivity index (χ1) is 15.3. The highest BCUT2D eigenvalue weighted by atomic mass is 35.5. The fourth-order valence-electron chi connectivity index (χ4n) is 3.41. The Morgan fingerprint density at radius 1 is 0.938 bits per heavy atom. The molecule has 0 bridgehead atoms. The van der Waals surface area contributed by atoms with Gasteiger partial charge in [0, 0.05) is 10.7 Å². The van der Waals surface area contributed by atoms with Crippen LogP contribution < -0.4 is 15.0 Å². The van der Waals surface area contributed by atoms with E-state index in [9.17, 15) is 14.0 Å². The van der Waals surface area contributed by atoms with Gasteiger partial charge < -0.3 is 10.1 Å². The van der Waals surface area contributed by atoms with Gasteiger partial charge in [-0.3, -0.25) is 9.59 Å². The molecule has 0 aromatic heterocycles. The predicted octanol–water partition coefficient (Wildman–Crippen LogP) is 5.66. The van der Waals surface area contributed by atoms with Crippen molar-refractivity contribution in [1.29, 1.82) is 0 Å². The summed E-state index contributed by atoms with van der Waals surface area (Å²) in [5, 5.41) is 3.46. The zero-order valence-corrected chi connectivity index (χ0v) is 18.2. The molecule has 3 aromatic carbocycles. The third-order valence-electron chi connectivity index (χ3n) is 4.78. The minimum Gasteiger partial charge on any atom is -0.491 e. The van der Waals surface area contributed by atoms with Gasteiger partial charge in [0.05, 0.1) is 17.4 Å². The van der Waals surface area contributed by atoms with Crippen LogP contribution in [0.5, 0.6) is 5.75 Å². The Kier molecular flexibility index (Phi) is 5.97. The van der Waals surface area contributed by atoms with Crippen LogP contribution in [0.2, 0.25) is 5.02 Å². The highest BCUT2D eigenvalue weighted by Gasteiger charge is 2.40. The monoisotopic (exact) mass is 450 g/mol. The van der Waals surface area contributed by atoms with E-state index in [1.165, 1.54) is 24.3 Å². The fourth-order valence-corrected chi connectivity index (χ4v) is 3.60. The lowest BCUT2D eigenvalue weighted by atomic mass is 10.0. The maximum Gasteiger partial charge on any atom is 0.282 e. The average Bonchev–Trinajstić information content (AvgIpc) is 2.99. The molecule has 0 spiro atoms. The summed E-state index contributed by atoms with van der Waals surface area (Å²) in [6.07, 6.45) is 0.0295. The molecule has 5 nitrogen and oxygen atoms in total. The number of hydrogen-bond donors (Lipinski definition) is 1. The van der Waals surface area contributed by atoms with Crippen molar-refractivity contribution < 1.29 is 18.7 Å². The number of imide groups is 1. The van der Waals surface area contributed by atoms with Gasteiger partial charge in [0.15, 0.2) is 0 Å². The van der Waals surface area contributed by atoms with E-state index < -0.39 is 17.6 Å². The second-order valence-electron chi connectivity index (χ2n) is 7.50. The van der Waals surface area contributed by atoms with Crippen molar-refractivity contribution in [3.05, 3.63) is 94.9 Å². The summed E-state index contributed by atoms with van der Waals surface area (Å²) in [5.74, 6) is -0.800. The Labute approximate surface area is 190 Å². The minimum atomic E-state index is -0.529. The predicted molar refractivity (Wildman–Crippen MR) is 123 cm³/mol. The first kappa shape index (κ1) is 21.6. The van der Waals surface area contributed by atoms with Crippen molar-refractivity contribution in [3.63, 3.8) is 0 Å². The average molecular weight is 451 g/mol. The third kappa shape index (κ3) is 4.36. The molecule has 0 radical (unpaired) electrons. The number of carbonyl (C=O) groups excluding carboxylic acids is 2. The van der Waals surface area contributed by atoms with Crippen LogP contribution >= 0.6 is 11.6 Å². The maximum atomic E-state index is 13.5. The van der Waals surface area contributed by atoms with Gasteiger partial charge in [-0.25, -0.2) is 9.29 Å². The number of amides is 2. The van der Waals surface area contributed by atoms with E-state index in [1.807, 2.05) is 13.8 Å². The number of carbonyl (C=O) groups is 2. The van der Waals surface area contributed by atoms with Crippen molar-refractivity contribution in [2.45, 2.75) is 20.0 Å². The first-order valence-corrected chi connectivity index (χ1v) is 10.4. The highest BCUT2D eigenvalue weighted by molar-refractivity contribution is 6.46. The van der Waals surface area contributed by atoms with Crippen molar-refractivity contribution in [2.24, 2.45) is 0 Å². The number of anilines is 2. The van der Waals surface area contributed by atoms with Crippen molar-refractivity contribution >= 4 is 40.4 Å². The number of ether oxygens (including phenoxy) is 1.